The van der Waals surface area contributed by atoms with Crippen molar-refractivity contribution in [3.05, 3.63) is 0 Å². The Kier molecular flexibility index (Phi) is 3.38. The molecular weight excluding hydrogens is 204 g/mol. The zero-order valence-corrected chi connectivity index (χ0v) is 10.2. The van der Waals surface area contributed by atoms with Gasteiger partial charge in [-0.1, -0.05) is 20.3 Å². The lowest BCUT2D eigenvalue weighted by Gasteiger charge is -2.28. The summed E-state index contributed by atoms with van der Waals surface area (Å²) in [5.41, 5.74) is 0.240. The maximum atomic E-state index is 11.8. The van der Waals surface area contributed by atoms with E-state index in [4.69, 9.17) is 4.74 Å². The average Bonchev–Trinajstić information content (AvgIpc) is 2.78. The predicted molar refractivity (Wildman–Crippen MR) is 62.3 cm³/mol. The molecular formula is C12H22N2O2. The molecule has 0 aromatic heterocycles. The Hall–Kier alpha value is -0.770. The highest BCUT2D eigenvalue weighted by molar-refractivity contribution is 5.74. The van der Waals surface area contributed by atoms with Crippen LogP contribution in [0.15, 0.2) is 0 Å². The molecule has 2 N–H and O–H groups in total. The third kappa shape index (κ3) is 2.67. The molecule has 2 atom stereocenters. The molecule has 2 fully saturated rings. The van der Waals surface area contributed by atoms with Gasteiger partial charge in [-0.3, -0.25) is 0 Å². The van der Waals surface area contributed by atoms with Crippen LogP contribution in [0.2, 0.25) is 0 Å². The fourth-order valence-electron chi connectivity index (χ4n) is 2.63. The Morgan fingerprint density at radius 3 is 2.69 bits per heavy atom. The second kappa shape index (κ2) is 4.62. The minimum Gasteiger partial charge on any atom is -0.379 e. The molecule has 2 amide bonds. The summed E-state index contributed by atoms with van der Waals surface area (Å²) >= 11 is 0. The highest BCUT2D eigenvalue weighted by Gasteiger charge is 2.35. The molecule has 1 aliphatic heterocycles. The number of carbonyl (C=O) groups excluding carboxylic acids is 1. The number of hydrogen-bond acceptors (Lipinski definition) is 2. The monoisotopic (exact) mass is 226 g/mol. The standard InChI is InChI=1S/C12H22N2O2/c1-12(2)6-3-4-10(12)14-11(15)13-9-5-7-16-8-9/h9-10H,3-8H2,1-2H3,(H2,13,14,15). The third-order valence-corrected chi connectivity index (χ3v) is 3.83. The molecule has 4 nitrogen and oxygen atoms in total. The van der Waals surface area contributed by atoms with Crippen LogP contribution in [-0.2, 0) is 4.74 Å². The molecule has 16 heavy (non-hydrogen) atoms. The largest absolute Gasteiger partial charge is 0.379 e. The van der Waals surface area contributed by atoms with Gasteiger partial charge in [0, 0.05) is 12.6 Å². The van der Waals surface area contributed by atoms with Crippen LogP contribution in [0.25, 0.3) is 0 Å². The van der Waals surface area contributed by atoms with E-state index in [9.17, 15) is 4.79 Å². The van der Waals surface area contributed by atoms with Gasteiger partial charge in [0.05, 0.1) is 12.6 Å². The highest BCUT2D eigenvalue weighted by atomic mass is 16.5. The first kappa shape index (κ1) is 11.7. The van der Waals surface area contributed by atoms with Crippen molar-refractivity contribution in [1.29, 1.82) is 0 Å². The van der Waals surface area contributed by atoms with Crippen LogP contribution >= 0.6 is 0 Å². The summed E-state index contributed by atoms with van der Waals surface area (Å²) in [6.07, 6.45) is 4.44. The molecule has 0 radical (unpaired) electrons. The summed E-state index contributed by atoms with van der Waals surface area (Å²) in [7, 11) is 0. The van der Waals surface area contributed by atoms with E-state index in [1.807, 2.05) is 0 Å². The Morgan fingerprint density at radius 2 is 2.12 bits per heavy atom. The van der Waals surface area contributed by atoms with Gasteiger partial charge in [-0.05, 0) is 24.7 Å². The van der Waals surface area contributed by atoms with Crippen LogP contribution in [-0.4, -0.2) is 31.3 Å². The summed E-state index contributed by atoms with van der Waals surface area (Å²) in [5.74, 6) is 0. The van der Waals surface area contributed by atoms with E-state index in [0.717, 1.165) is 19.4 Å². The van der Waals surface area contributed by atoms with Gasteiger partial charge >= 0.3 is 6.03 Å². The highest BCUT2D eigenvalue weighted by Crippen LogP contribution is 2.37. The van der Waals surface area contributed by atoms with Gasteiger partial charge in [0.15, 0.2) is 0 Å². The quantitative estimate of drug-likeness (QED) is 0.752. The number of ether oxygens (including phenoxy) is 1. The molecule has 0 aromatic rings. The zero-order chi connectivity index (χ0) is 11.6. The van der Waals surface area contributed by atoms with Crippen LogP contribution < -0.4 is 10.6 Å². The molecule has 2 aliphatic rings. The van der Waals surface area contributed by atoms with Crippen molar-refractivity contribution in [2.75, 3.05) is 13.2 Å². The van der Waals surface area contributed by atoms with Crippen molar-refractivity contribution in [2.24, 2.45) is 5.41 Å². The predicted octanol–water partition coefficient (Wildman–Crippen LogP) is 1.65. The zero-order valence-electron chi connectivity index (χ0n) is 10.2. The summed E-state index contributed by atoms with van der Waals surface area (Å²) in [5, 5.41) is 6.06. The molecule has 1 heterocycles. The van der Waals surface area contributed by atoms with E-state index in [2.05, 4.69) is 24.5 Å². The van der Waals surface area contributed by atoms with Crippen molar-refractivity contribution < 1.29 is 9.53 Å². The molecule has 0 bridgehead atoms. The van der Waals surface area contributed by atoms with Gasteiger partial charge in [0.25, 0.3) is 0 Å². The minimum atomic E-state index is -0.0320. The van der Waals surface area contributed by atoms with Crippen molar-refractivity contribution in [1.82, 2.24) is 10.6 Å². The lowest BCUT2D eigenvalue weighted by Crippen LogP contribution is -2.49. The summed E-state index contributed by atoms with van der Waals surface area (Å²) < 4.78 is 5.23. The normalized spacial score (nSPS) is 32.6. The maximum absolute atomic E-state index is 11.8. The molecule has 0 spiro atoms. The van der Waals surface area contributed by atoms with Crippen LogP contribution in [0.4, 0.5) is 4.79 Å². The van der Waals surface area contributed by atoms with Gasteiger partial charge in [-0.25, -0.2) is 4.79 Å². The Balaban J connectivity index is 1.78. The third-order valence-electron chi connectivity index (χ3n) is 3.83. The van der Waals surface area contributed by atoms with Crippen molar-refractivity contribution >= 4 is 6.03 Å². The van der Waals surface area contributed by atoms with Crippen LogP contribution in [0.3, 0.4) is 0 Å². The van der Waals surface area contributed by atoms with Gasteiger partial charge in [-0.2, -0.15) is 0 Å². The Bertz CT molecular complexity index is 260. The Labute approximate surface area is 97.1 Å². The number of urea groups is 1. The number of rotatable bonds is 2. The number of carbonyl (C=O) groups is 1. The topological polar surface area (TPSA) is 50.4 Å². The lowest BCUT2D eigenvalue weighted by atomic mass is 9.87. The molecule has 0 aromatic carbocycles. The molecule has 2 rings (SSSR count). The lowest BCUT2D eigenvalue weighted by molar-refractivity contribution is 0.186. The first-order valence-corrected chi connectivity index (χ1v) is 6.23. The van der Waals surface area contributed by atoms with Gasteiger partial charge < -0.3 is 15.4 Å². The maximum Gasteiger partial charge on any atom is 0.315 e. The van der Waals surface area contributed by atoms with Crippen LogP contribution in [0.5, 0.6) is 0 Å². The summed E-state index contributed by atoms with van der Waals surface area (Å²) in [6.45, 7) is 5.87. The van der Waals surface area contributed by atoms with E-state index in [1.54, 1.807) is 0 Å². The first-order chi connectivity index (χ1) is 7.58. The van der Waals surface area contributed by atoms with Crippen molar-refractivity contribution in [3.8, 4) is 0 Å². The fraction of sp³-hybridized carbons (Fsp3) is 0.917. The first-order valence-electron chi connectivity index (χ1n) is 6.23. The SMILES string of the molecule is CC1(C)CCCC1NC(=O)NC1CCOC1. The van der Waals surface area contributed by atoms with E-state index < -0.39 is 0 Å². The van der Waals surface area contributed by atoms with E-state index in [1.165, 1.54) is 12.8 Å². The van der Waals surface area contributed by atoms with Gasteiger partial charge in [-0.15, -0.1) is 0 Å². The van der Waals surface area contributed by atoms with E-state index in [-0.39, 0.29) is 17.5 Å². The fourth-order valence-corrected chi connectivity index (χ4v) is 2.63. The van der Waals surface area contributed by atoms with E-state index >= 15 is 0 Å². The van der Waals surface area contributed by atoms with E-state index in [0.29, 0.717) is 12.6 Å². The molecule has 2 unspecified atom stereocenters. The summed E-state index contributed by atoms with van der Waals surface area (Å²) in [4.78, 5) is 11.8. The molecule has 4 heteroatoms. The molecule has 92 valence electrons. The van der Waals surface area contributed by atoms with Gasteiger partial charge in [0.1, 0.15) is 0 Å². The van der Waals surface area contributed by atoms with Crippen LogP contribution in [0, 0.1) is 5.41 Å². The number of hydrogen-bond donors (Lipinski definition) is 2. The van der Waals surface area contributed by atoms with Crippen LogP contribution in [0.1, 0.15) is 39.5 Å². The number of nitrogens with one attached hydrogen (secondary N) is 2. The van der Waals surface area contributed by atoms with Crippen molar-refractivity contribution in [3.63, 3.8) is 0 Å². The second-order valence-electron chi connectivity index (χ2n) is 5.61. The Morgan fingerprint density at radius 1 is 1.31 bits per heavy atom. The smallest absolute Gasteiger partial charge is 0.315 e. The van der Waals surface area contributed by atoms with Crippen molar-refractivity contribution in [2.45, 2.75) is 51.6 Å². The second-order valence-corrected chi connectivity index (χ2v) is 5.61. The number of amides is 2. The molecule has 1 aliphatic carbocycles. The van der Waals surface area contributed by atoms with Gasteiger partial charge in [0.2, 0.25) is 0 Å². The molecule has 1 saturated heterocycles. The molecule has 1 saturated carbocycles. The average molecular weight is 226 g/mol. The summed E-state index contributed by atoms with van der Waals surface area (Å²) in [6, 6.07) is 0.481. The minimum absolute atomic E-state index is 0.0320.